The van der Waals surface area contributed by atoms with Gasteiger partial charge in [-0.05, 0) is 11.6 Å². The first-order valence-corrected chi connectivity index (χ1v) is 7.79. The van der Waals surface area contributed by atoms with Gasteiger partial charge in [-0.25, -0.2) is 4.79 Å². The van der Waals surface area contributed by atoms with Crippen molar-refractivity contribution in [2.24, 2.45) is 0 Å². The Hall–Kier alpha value is -3.40. The molecular weight excluding hydrogens is 316 g/mol. The van der Waals surface area contributed by atoms with Gasteiger partial charge in [-0.3, -0.25) is 4.79 Å². The summed E-state index contributed by atoms with van der Waals surface area (Å²) in [4.78, 5) is 23.2. The molecule has 0 aliphatic rings. The van der Waals surface area contributed by atoms with Gasteiger partial charge in [0.15, 0.2) is 12.4 Å². The van der Waals surface area contributed by atoms with Gasteiger partial charge in [0.2, 0.25) is 0 Å². The van der Waals surface area contributed by atoms with Crippen LogP contribution < -0.4 is 4.74 Å². The predicted molar refractivity (Wildman–Crippen MR) is 94.9 cm³/mol. The Morgan fingerprint density at radius 3 is 2.04 bits per heavy atom. The monoisotopic (exact) mass is 332 g/mol. The first-order valence-electron chi connectivity index (χ1n) is 7.79. The molecule has 0 aromatic heterocycles. The highest BCUT2D eigenvalue weighted by Crippen LogP contribution is 2.30. The van der Waals surface area contributed by atoms with Gasteiger partial charge in [0.1, 0.15) is 5.75 Å². The van der Waals surface area contributed by atoms with Crippen LogP contribution in [-0.4, -0.2) is 23.5 Å². The Morgan fingerprint density at radius 2 is 1.36 bits per heavy atom. The Balaban J connectivity index is 1.86. The molecule has 0 atom stereocenters. The van der Waals surface area contributed by atoms with Crippen LogP contribution >= 0.6 is 0 Å². The van der Waals surface area contributed by atoms with E-state index in [1.54, 1.807) is 36.4 Å². The molecule has 4 heteroatoms. The van der Waals surface area contributed by atoms with Crippen LogP contribution in [0.25, 0.3) is 11.1 Å². The SMILES string of the molecule is O=C(O)COc1ccccc1-c1ccc(C(=O)c2ccccc2)cc1. The molecule has 0 fully saturated rings. The molecule has 0 aliphatic carbocycles. The van der Waals surface area contributed by atoms with Gasteiger partial charge < -0.3 is 9.84 Å². The number of benzene rings is 3. The fourth-order valence-electron chi connectivity index (χ4n) is 2.53. The average molecular weight is 332 g/mol. The molecule has 3 aromatic rings. The number of aliphatic carboxylic acids is 1. The molecule has 4 nitrogen and oxygen atoms in total. The number of para-hydroxylation sites is 1. The Labute approximate surface area is 145 Å². The van der Waals surface area contributed by atoms with Gasteiger partial charge >= 0.3 is 5.97 Å². The van der Waals surface area contributed by atoms with E-state index in [4.69, 9.17) is 9.84 Å². The van der Waals surface area contributed by atoms with Crippen molar-refractivity contribution in [1.82, 2.24) is 0 Å². The molecule has 3 rings (SSSR count). The van der Waals surface area contributed by atoms with Crippen molar-refractivity contribution in [3.8, 4) is 16.9 Å². The molecule has 0 unspecified atom stereocenters. The fourth-order valence-corrected chi connectivity index (χ4v) is 2.53. The van der Waals surface area contributed by atoms with Crippen molar-refractivity contribution >= 4 is 11.8 Å². The molecule has 0 spiro atoms. The Morgan fingerprint density at radius 1 is 0.760 bits per heavy atom. The molecule has 124 valence electrons. The molecule has 1 N–H and O–H groups in total. The number of ketones is 1. The highest BCUT2D eigenvalue weighted by molar-refractivity contribution is 6.09. The zero-order valence-corrected chi connectivity index (χ0v) is 13.4. The minimum absolute atomic E-state index is 0.0393. The zero-order chi connectivity index (χ0) is 17.6. The summed E-state index contributed by atoms with van der Waals surface area (Å²) < 4.78 is 5.33. The summed E-state index contributed by atoms with van der Waals surface area (Å²) >= 11 is 0. The summed E-state index contributed by atoms with van der Waals surface area (Å²) in [7, 11) is 0. The molecule has 0 radical (unpaired) electrons. The van der Waals surface area contributed by atoms with E-state index in [1.807, 2.05) is 42.5 Å². The van der Waals surface area contributed by atoms with Crippen LogP contribution in [0.4, 0.5) is 0 Å². The van der Waals surface area contributed by atoms with Gasteiger partial charge in [-0.1, -0.05) is 72.8 Å². The maximum absolute atomic E-state index is 12.4. The number of carboxylic acids is 1. The highest BCUT2D eigenvalue weighted by Gasteiger charge is 2.11. The molecule has 0 saturated carbocycles. The lowest BCUT2D eigenvalue weighted by molar-refractivity contribution is -0.139. The largest absolute Gasteiger partial charge is 0.481 e. The fraction of sp³-hybridized carbons (Fsp3) is 0.0476. The zero-order valence-electron chi connectivity index (χ0n) is 13.4. The van der Waals surface area contributed by atoms with Crippen molar-refractivity contribution in [3.63, 3.8) is 0 Å². The number of ether oxygens (including phenoxy) is 1. The van der Waals surface area contributed by atoms with E-state index in [0.29, 0.717) is 16.9 Å². The molecule has 0 aliphatic heterocycles. The molecule has 0 heterocycles. The Bertz CT molecular complexity index is 883. The van der Waals surface area contributed by atoms with Gasteiger partial charge in [-0.15, -0.1) is 0 Å². The van der Waals surface area contributed by atoms with Crippen LogP contribution in [0.2, 0.25) is 0 Å². The van der Waals surface area contributed by atoms with Crippen molar-refractivity contribution in [2.75, 3.05) is 6.61 Å². The van der Waals surface area contributed by atoms with E-state index >= 15 is 0 Å². The highest BCUT2D eigenvalue weighted by atomic mass is 16.5. The van der Waals surface area contributed by atoms with Gasteiger partial charge in [0.05, 0.1) is 0 Å². The predicted octanol–water partition coefficient (Wildman–Crippen LogP) is 4.05. The molecular formula is C21H16O4. The normalized spacial score (nSPS) is 10.2. The number of carbonyl (C=O) groups excluding carboxylic acids is 1. The smallest absolute Gasteiger partial charge is 0.341 e. The number of hydrogen-bond donors (Lipinski definition) is 1. The second-order valence-electron chi connectivity index (χ2n) is 5.45. The van der Waals surface area contributed by atoms with E-state index in [2.05, 4.69) is 0 Å². The summed E-state index contributed by atoms with van der Waals surface area (Å²) in [6.07, 6.45) is 0. The van der Waals surface area contributed by atoms with Crippen molar-refractivity contribution in [1.29, 1.82) is 0 Å². The van der Waals surface area contributed by atoms with E-state index in [9.17, 15) is 9.59 Å². The summed E-state index contributed by atoms with van der Waals surface area (Å²) in [5.74, 6) is -0.576. The summed E-state index contributed by atoms with van der Waals surface area (Å²) in [6.45, 7) is -0.401. The van der Waals surface area contributed by atoms with E-state index in [1.165, 1.54) is 0 Å². The maximum Gasteiger partial charge on any atom is 0.341 e. The number of rotatable bonds is 6. The van der Waals surface area contributed by atoms with Gasteiger partial charge in [-0.2, -0.15) is 0 Å². The van der Waals surface area contributed by atoms with Crippen molar-refractivity contribution < 1.29 is 19.4 Å². The molecule has 25 heavy (non-hydrogen) atoms. The molecule has 0 bridgehead atoms. The second kappa shape index (κ2) is 7.45. The van der Waals surface area contributed by atoms with E-state index in [-0.39, 0.29) is 5.78 Å². The first kappa shape index (κ1) is 16.5. The Kier molecular flexibility index (Phi) is 4.90. The standard InChI is InChI=1S/C21H16O4/c22-20(23)14-25-19-9-5-4-8-18(19)15-10-12-17(13-11-15)21(24)16-6-2-1-3-7-16/h1-13H,14H2,(H,22,23). The number of hydrogen-bond acceptors (Lipinski definition) is 3. The minimum atomic E-state index is -1.03. The summed E-state index contributed by atoms with van der Waals surface area (Å²) in [5.41, 5.74) is 2.87. The van der Waals surface area contributed by atoms with Crippen LogP contribution in [-0.2, 0) is 4.79 Å². The quantitative estimate of drug-likeness (QED) is 0.692. The van der Waals surface area contributed by atoms with Crippen LogP contribution in [0.15, 0.2) is 78.9 Å². The van der Waals surface area contributed by atoms with Gasteiger partial charge in [0.25, 0.3) is 0 Å². The molecule has 0 amide bonds. The lowest BCUT2D eigenvalue weighted by atomic mass is 9.99. The van der Waals surface area contributed by atoms with Crippen LogP contribution in [0.5, 0.6) is 5.75 Å². The van der Waals surface area contributed by atoms with Crippen LogP contribution in [0.1, 0.15) is 15.9 Å². The average Bonchev–Trinajstić information content (AvgIpc) is 2.67. The van der Waals surface area contributed by atoms with E-state index in [0.717, 1.165) is 11.1 Å². The number of carbonyl (C=O) groups is 2. The third-order valence-electron chi connectivity index (χ3n) is 3.73. The topological polar surface area (TPSA) is 63.6 Å². The summed E-state index contributed by atoms with van der Waals surface area (Å²) in [6, 6.07) is 23.5. The second-order valence-corrected chi connectivity index (χ2v) is 5.45. The third kappa shape index (κ3) is 3.93. The first-order chi connectivity index (χ1) is 12.1. The van der Waals surface area contributed by atoms with Crippen molar-refractivity contribution in [2.45, 2.75) is 0 Å². The lowest BCUT2D eigenvalue weighted by Gasteiger charge is -2.10. The van der Waals surface area contributed by atoms with Crippen molar-refractivity contribution in [3.05, 3.63) is 90.0 Å². The molecule has 0 saturated heterocycles. The van der Waals surface area contributed by atoms with Crippen LogP contribution in [0.3, 0.4) is 0 Å². The molecule has 3 aromatic carbocycles. The minimum Gasteiger partial charge on any atom is -0.481 e. The number of carboxylic acid groups (broad SMARTS) is 1. The van der Waals surface area contributed by atoms with Gasteiger partial charge in [0, 0.05) is 16.7 Å². The maximum atomic E-state index is 12.4. The lowest BCUT2D eigenvalue weighted by Crippen LogP contribution is -2.09. The van der Waals surface area contributed by atoms with Crippen LogP contribution in [0, 0.1) is 0 Å². The van der Waals surface area contributed by atoms with E-state index < -0.39 is 12.6 Å². The third-order valence-corrected chi connectivity index (χ3v) is 3.73. The summed E-state index contributed by atoms with van der Waals surface area (Å²) in [5, 5.41) is 8.78.